The van der Waals surface area contributed by atoms with Crippen molar-refractivity contribution in [3.05, 3.63) is 44.9 Å². The van der Waals surface area contributed by atoms with Gasteiger partial charge >= 0.3 is 0 Å². The topological polar surface area (TPSA) is 142 Å². The summed E-state index contributed by atoms with van der Waals surface area (Å²) >= 11 is 0. The Kier molecular flexibility index (Phi) is 6.72. The van der Waals surface area contributed by atoms with E-state index in [1.165, 1.54) is 0 Å². The molecule has 0 bridgehead atoms. The Morgan fingerprint density at radius 1 is 1.05 bits per heavy atom. The monoisotopic (exact) mass is 567 g/mol. The maximum Gasteiger partial charge on any atom is 0.209 e. The van der Waals surface area contributed by atoms with Gasteiger partial charge in [0.15, 0.2) is 17.2 Å². The van der Waals surface area contributed by atoms with E-state index in [1.54, 1.807) is 19.0 Å². The number of rotatable bonds is 5. The van der Waals surface area contributed by atoms with Crippen molar-refractivity contribution in [3.8, 4) is 5.75 Å². The van der Waals surface area contributed by atoms with E-state index in [0.29, 0.717) is 24.2 Å². The van der Waals surface area contributed by atoms with Crippen molar-refractivity contribution in [1.29, 1.82) is 0 Å². The van der Waals surface area contributed by atoms with Crippen LogP contribution in [0.5, 0.6) is 5.75 Å². The molecule has 4 atom stereocenters. The van der Waals surface area contributed by atoms with Crippen LogP contribution in [0.1, 0.15) is 67.6 Å². The number of benzene rings is 1. The number of hydrogen-bond acceptors (Lipinski definition) is 10. The first-order valence-electron chi connectivity index (χ1n) is 14.2. The van der Waals surface area contributed by atoms with Crippen molar-refractivity contribution < 1.29 is 34.8 Å². The first kappa shape index (κ1) is 29.3. The van der Waals surface area contributed by atoms with Crippen LogP contribution in [-0.2, 0) is 29.1 Å². The van der Waals surface area contributed by atoms with Gasteiger partial charge in [0.1, 0.15) is 22.8 Å². The minimum atomic E-state index is -2.57. The average molecular weight is 568 g/mol. The highest BCUT2D eigenvalue weighted by atomic mass is 16.3. The van der Waals surface area contributed by atoms with E-state index in [1.807, 2.05) is 19.0 Å². The lowest BCUT2D eigenvalue weighted by Gasteiger charge is -2.50. The third kappa shape index (κ3) is 3.83. The van der Waals surface area contributed by atoms with E-state index >= 15 is 0 Å². The van der Waals surface area contributed by atoms with Crippen molar-refractivity contribution >= 4 is 23.0 Å². The molecule has 0 spiro atoms. The Hall–Kier alpha value is -3.21. The van der Waals surface area contributed by atoms with Gasteiger partial charge < -0.3 is 25.3 Å². The standard InChI is InChI=1S/C31H41N3O7/c1-9-30(3,4)34-12-17-18(13-34)25(36)22-16(23(17)32(5)6)10-15-11-19-24(33(7)8)27(38)20(14(2)35)28(39)31(19,41)29(40)21(15)26(22)37/h15,19,24,36,38,40-41H,9-13H2,1-8H3/t15-,19-,24-,31+/m0/s1. The molecule has 1 aliphatic heterocycles. The smallest absolute Gasteiger partial charge is 0.209 e. The van der Waals surface area contributed by atoms with Gasteiger partial charge in [0.05, 0.1) is 11.6 Å². The fraction of sp³-hybridized carbons (Fsp3) is 0.581. The zero-order valence-electron chi connectivity index (χ0n) is 25.1. The number of allylic oxidation sites excluding steroid dienone is 1. The second-order valence-corrected chi connectivity index (χ2v) is 13.1. The molecule has 4 aliphatic rings. The molecule has 0 saturated heterocycles. The Morgan fingerprint density at radius 3 is 2.20 bits per heavy atom. The van der Waals surface area contributed by atoms with Gasteiger partial charge in [0.2, 0.25) is 5.78 Å². The molecule has 41 heavy (non-hydrogen) atoms. The highest BCUT2D eigenvalue weighted by Crippen LogP contribution is 2.55. The van der Waals surface area contributed by atoms with E-state index in [0.717, 1.165) is 24.6 Å². The molecular formula is C31H41N3O7. The summed E-state index contributed by atoms with van der Waals surface area (Å²) in [4.78, 5) is 46.1. The Balaban J connectivity index is 1.72. The Bertz CT molecular complexity index is 1450. The van der Waals surface area contributed by atoms with Gasteiger partial charge in [-0.25, -0.2) is 0 Å². The predicted molar refractivity (Wildman–Crippen MR) is 153 cm³/mol. The Morgan fingerprint density at radius 2 is 1.66 bits per heavy atom. The van der Waals surface area contributed by atoms with Gasteiger partial charge in [-0.2, -0.15) is 0 Å². The van der Waals surface area contributed by atoms with E-state index in [4.69, 9.17) is 0 Å². The van der Waals surface area contributed by atoms with Crippen LogP contribution < -0.4 is 4.90 Å². The first-order valence-corrected chi connectivity index (χ1v) is 14.2. The summed E-state index contributed by atoms with van der Waals surface area (Å²) in [6, 6.07) is -0.941. The maximum atomic E-state index is 14.2. The molecule has 5 rings (SSSR count). The number of carbonyl (C=O) groups is 3. The van der Waals surface area contributed by atoms with Crippen molar-refractivity contribution in [2.24, 2.45) is 11.8 Å². The molecule has 0 amide bonds. The minimum Gasteiger partial charge on any atom is -0.510 e. The van der Waals surface area contributed by atoms with Gasteiger partial charge in [-0.3, -0.25) is 24.2 Å². The third-order valence-corrected chi connectivity index (χ3v) is 10.0. The molecule has 10 heteroatoms. The zero-order valence-corrected chi connectivity index (χ0v) is 25.1. The largest absolute Gasteiger partial charge is 0.510 e. The number of phenols is 1. The number of ketones is 3. The number of anilines is 1. The maximum absolute atomic E-state index is 14.2. The van der Waals surface area contributed by atoms with Crippen LogP contribution >= 0.6 is 0 Å². The SMILES string of the molecule is CCC(C)(C)N1Cc2c(O)c3c(c(N(C)C)c2C1)C[C@H]1C[C@H]2[C@H](N(C)C)C(O)=C(C(C)=O)C(=O)[C@@]2(O)C(O)=C1C3=O. The highest BCUT2D eigenvalue weighted by Gasteiger charge is 2.63. The molecule has 0 fully saturated rings. The van der Waals surface area contributed by atoms with Gasteiger partial charge in [0, 0.05) is 55.5 Å². The van der Waals surface area contributed by atoms with Crippen LogP contribution in [0, 0.1) is 11.8 Å². The number of aromatic hydroxyl groups is 1. The lowest BCUT2D eigenvalue weighted by Crippen LogP contribution is -2.63. The van der Waals surface area contributed by atoms with Crippen molar-refractivity contribution in [3.63, 3.8) is 0 Å². The second kappa shape index (κ2) is 9.40. The number of Topliss-reactive ketones (excluding diaryl/α,β-unsaturated/α-hetero) is 3. The number of hydrogen-bond donors (Lipinski definition) is 4. The van der Waals surface area contributed by atoms with E-state index in [9.17, 15) is 34.8 Å². The molecule has 4 N–H and O–H groups in total. The van der Waals surface area contributed by atoms with Gasteiger partial charge in [-0.15, -0.1) is 0 Å². The third-order valence-electron chi connectivity index (χ3n) is 10.0. The lowest BCUT2D eigenvalue weighted by atomic mass is 9.58. The van der Waals surface area contributed by atoms with Gasteiger partial charge in [-0.05, 0) is 71.2 Å². The van der Waals surface area contributed by atoms with E-state index in [-0.39, 0.29) is 35.3 Å². The number of likely N-dealkylation sites (N-methyl/N-ethyl adjacent to an activating group) is 1. The summed E-state index contributed by atoms with van der Waals surface area (Å²) in [6.07, 6.45) is 1.28. The lowest BCUT2D eigenvalue weighted by molar-refractivity contribution is -0.148. The fourth-order valence-corrected chi connectivity index (χ4v) is 7.55. The van der Waals surface area contributed by atoms with Crippen molar-refractivity contribution in [2.45, 2.75) is 77.2 Å². The predicted octanol–water partition coefficient (Wildman–Crippen LogP) is 2.79. The quantitative estimate of drug-likeness (QED) is 0.393. The molecule has 10 nitrogen and oxygen atoms in total. The zero-order chi connectivity index (χ0) is 30.5. The summed E-state index contributed by atoms with van der Waals surface area (Å²) in [5.74, 6) is -5.44. The van der Waals surface area contributed by atoms with Crippen LogP contribution in [0.2, 0.25) is 0 Å². The number of fused-ring (bicyclic) bond motifs is 4. The number of nitrogens with zero attached hydrogens (tertiary/aromatic N) is 3. The summed E-state index contributed by atoms with van der Waals surface area (Å²) < 4.78 is 0. The number of aliphatic hydroxyl groups excluding tert-OH is 2. The first-order chi connectivity index (χ1) is 19.0. The van der Waals surface area contributed by atoms with Crippen molar-refractivity contribution in [1.82, 2.24) is 9.80 Å². The van der Waals surface area contributed by atoms with Crippen molar-refractivity contribution in [2.75, 3.05) is 33.1 Å². The molecule has 0 unspecified atom stereocenters. The summed E-state index contributed by atoms with van der Waals surface area (Å²) in [7, 11) is 7.12. The van der Waals surface area contributed by atoms with E-state index in [2.05, 4.69) is 25.7 Å². The van der Waals surface area contributed by atoms with E-state index < -0.39 is 57.9 Å². The number of phenolic OH excluding ortho intramolecular Hbond substituents is 1. The molecule has 222 valence electrons. The summed E-state index contributed by atoms with van der Waals surface area (Å²) in [5, 5.41) is 46.1. The molecule has 0 saturated carbocycles. The minimum absolute atomic E-state index is 0.0843. The Labute approximate surface area is 240 Å². The second-order valence-electron chi connectivity index (χ2n) is 13.1. The average Bonchev–Trinajstić information content (AvgIpc) is 3.32. The van der Waals surface area contributed by atoms with Crippen LogP contribution in [-0.4, -0.2) is 92.9 Å². The van der Waals surface area contributed by atoms with Crippen LogP contribution in [0.25, 0.3) is 0 Å². The summed E-state index contributed by atoms with van der Waals surface area (Å²) in [5.41, 5.74) is -0.149. The van der Waals surface area contributed by atoms with Crippen LogP contribution in [0.3, 0.4) is 0 Å². The molecule has 1 heterocycles. The fourth-order valence-electron chi connectivity index (χ4n) is 7.55. The van der Waals surface area contributed by atoms with Crippen LogP contribution in [0.4, 0.5) is 5.69 Å². The molecular weight excluding hydrogens is 526 g/mol. The van der Waals surface area contributed by atoms with Gasteiger partial charge in [0.25, 0.3) is 0 Å². The van der Waals surface area contributed by atoms with Crippen LogP contribution in [0.15, 0.2) is 22.7 Å². The molecule has 1 aromatic carbocycles. The number of aliphatic hydroxyl groups is 3. The highest BCUT2D eigenvalue weighted by molar-refractivity contribution is 6.25. The normalized spacial score (nSPS) is 28.1. The van der Waals surface area contributed by atoms with Gasteiger partial charge in [-0.1, -0.05) is 6.92 Å². The molecule has 3 aliphatic carbocycles. The molecule has 1 aromatic rings. The molecule has 0 aromatic heterocycles. The summed E-state index contributed by atoms with van der Waals surface area (Å²) in [6.45, 7) is 8.59. The molecule has 0 radical (unpaired) electrons. The number of carbonyl (C=O) groups excluding carboxylic acids is 3.